The first-order valence-corrected chi connectivity index (χ1v) is 6.90. The Morgan fingerprint density at radius 1 is 0.944 bits per heavy atom. The van der Waals surface area contributed by atoms with Gasteiger partial charge in [0.05, 0.1) is 0 Å². The third kappa shape index (κ3) is 2.94. The lowest BCUT2D eigenvalue weighted by molar-refractivity contribution is 0.919. The molecule has 0 heterocycles. The molecule has 2 rings (SSSR count). The molecule has 0 saturated carbocycles. The number of nitrogens with zero attached hydrogens (tertiary/aromatic N) is 1. The first kappa shape index (κ1) is 13.2. The third-order valence-electron chi connectivity index (χ3n) is 3.24. The fourth-order valence-corrected chi connectivity index (χ4v) is 2.46. The quantitative estimate of drug-likeness (QED) is 0.796. The number of rotatable bonds is 3. The summed E-state index contributed by atoms with van der Waals surface area (Å²) in [5, 5.41) is 0. The molecule has 2 aromatic rings. The van der Waals surface area contributed by atoms with Gasteiger partial charge in [-0.25, -0.2) is 0 Å². The number of benzene rings is 2. The molecule has 0 radical (unpaired) electrons. The summed E-state index contributed by atoms with van der Waals surface area (Å²) in [6.45, 7) is 2.25. The van der Waals surface area contributed by atoms with Gasteiger partial charge in [-0.05, 0) is 35.4 Å². The van der Waals surface area contributed by atoms with Crippen molar-refractivity contribution in [2.24, 2.45) is 0 Å². The summed E-state index contributed by atoms with van der Waals surface area (Å²) in [6.07, 6.45) is 0. The predicted octanol–water partition coefficient (Wildman–Crippen LogP) is 4.67. The summed E-state index contributed by atoms with van der Waals surface area (Å²) in [4.78, 5) is 2.14. The molecular formula is C16H18BrN. The molecule has 0 aliphatic rings. The largest absolute Gasteiger partial charge is 0.378 e. The van der Waals surface area contributed by atoms with Crippen LogP contribution >= 0.6 is 15.9 Å². The van der Waals surface area contributed by atoms with Crippen molar-refractivity contribution in [1.29, 1.82) is 0 Å². The van der Waals surface area contributed by atoms with Crippen molar-refractivity contribution in [1.82, 2.24) is 0 Å². The first-order valence-electron chi connectivity index (χ1n) is 6.10. The second kappa shape index (κ2) is 5.57. The van der Waals surface area contributed by atoms with Gasteiger partial charge in [-0.2, -0.15) is 0 Å². The Hall–Kier alpha value is -1.28. The summed E-state index contributed by atoms with van der Waals surface area (Å²) < 4.78 is 1.13. The van der Waals surface area contributed by atoms with Crippen LogP contribution in [-0.4, -0.2) is 14.1 Å². The molecule has 1 unspecified atom stereocenters. The molecule has 2 aromatic carbocycles. The molecule has 0 aromatic heterocycles. The van der Waals surface area contributed by atoms with E-state index < -0.39 is 0 Å². The van der Waals surface area contributed by atoms with Gasteiger partial charge < -0.3 is 4.90 Å². The van der Waals surface area contributed by atoms with Crippen molar-refractivity contribution < 1.29 is 0 Å². The van der Waals surface area contributed by atoms with Crippen LogP contribution in [-0.2, 0) is 0 Å². The van der Waals surface area contributed by atoms with E-state index in [0.717, 1.165) is 4.47 Å². The Kier molecular flexibility index (Phi) is 4.07. The lowest BCUT2D eigenvalue weighted by Crippen LogP contribution is -2.09. The van der Waals surface area contributed by atoms with E-state index in [-0.39, 0.29) is 0 Å². The molecule has 1 nitrogen and oxygen atoms in total. The number of anilines is 1. The minimum absolute atomic E-state index is 0.405. The van der Waals surface area contributed by atoms with E-state index in [9.17, 15) is 0 Å². The Balaban J connectivity index is 2.33. The van der Waals surface area contributed by atoms with E-state index in [1.165, 1.54) is 16.8 Å². The second-order valence-electron chi connectivity index (χ2n) is 4.77. The van der Waals surface area contributed by atoms with Crippen molar-refractivity contribution in [3.8, 4) is 0 Å². The molecule has 0 aliphatic heterocycles. The normalized spacial score (nSPS) is 12.2. The monoisotopic (exact) mass is 303 g/mol. The van der Waals surface area contributed by atoms with E-state index in [1.807, 2.05) is 0 Å². The fraction of sp³-hybridized carbons (Fsp3) is 0.250. The molecule has 0 amide bonds. The zero-order chi connectivity index (χ0) is 13.1. The zero-order valence-corrected chi connectivity index (χ0v) is 12.6. The fourth-order valence-electron chi connectivity index (χ4n) is 2.04. The lowest BCUT2D eigenvalue weighted by Gasteiger charge is -2.17. The van der Waals surface area contributed by atoms with E-state index in [4.69, 9.17) is 0 Å². The highest BCUT2D eigenvalue weighted by Crippen LogP contribution is 2.28. The van der Waals surface area contributed by atoms with Crippen LogP contribution < -0.4 is 4.90 Å². The van der Waals surface area contributed by atoms with Crippen LogP contribution in [0, 0.1) is 0 Å². The molecule has 0 fully saturated rings. The van der Waals surface area contributed by atoms with Crippen LogP contribution in [0.15, 0.2) is 53.0 Å². The highest BCUT2D eigenvalue weighted by Gasteiger charge is 2.09. The summed E-state index contributed by atoms with van der Waals surface area (Å²) >= 11 is 3.53. The average molecular weight is 304 g/mol. The standard InChI is InChI=1S/C16H18BrN/c1-12(13-6-4-8-15(17)10-13)14-7-5-9-16(11-14)18(2)3/h4-12H,1-3H3. The van der Waals surface area contributed by atoms with E-state index in [0.29, 0.717) is 5.92 Å². The van der Waals surface area contributed by atoms with Gasteiger partial charge in [0.25, 0.3) is 0 Å². The van der Waals surface area contributed by atoms with Crippen molar-refractivity contribution in [2.75, 3.05) is 19.0 Å². The Labute approximate surface area is 118 Å². The number of hydrogen-bond donors (Lipinski definition) is 0. The maximum Gasteiger partial charge on any atom is 0.0363 e. The van der Waals surface area contributed by atoms with Gasteiger partial charge >= 0.3 is 0 Å². The van der Waals surface area contributed by atoms with Crippen molar-refractivity contribution in [3.63, 3.8) is 0 Å². The van der Waals surface area contributed by atoms with Crippen LogP contribution in [0.2, 0.25) is 0 Å². The van der Waals surface area contributed by atoms with Gasteiger partial charge in [0.2, 0.25) is 0 Å². The molecule has 2 heteroatoms. The second-order valence-corrected chi connectivity index (χ2v) is 5.68. The average Bonchev–Trinajstić information content (AvgIpc) is 2.38. The molecule has 0 aliphatic carbocycles. The Morgan fingerprint density at radius 3 is 2.17 bits per heavy atom. The van der Waals surface area contributed by atoms with Gasteiger partial charge in [0.1, 0.15) is 0 Å². The van der Waals surface area contributed by atoms with Crippen LogP contribution in [0.1, 0.15) is 24.0 Å². The van der Waals surface area contributed by atoms with Gasteiger partial charge in [-0.15, -0.1) is 0 Å². The van der Waals surface area contributed by atoms with Crippen LogP contribution in [0.5, 0.6) is 0 Å². The SMILES string of the molecule is CC(c1cccc(Br)c1)c1cccc(N(C)C)c1. The van der Waals surface area contributed by atoms with Crippen LogP contribution in [0.3, 0.4) is 0 Å². The number of halogens is 1. The molecule has 94 valence electrons. The molecule has 0 N–H and O–H groups in total. The predicted molar refractivity (Wildman–Crippen MR) is 82.4 cm³/mol. The maximum atomic E-state index is 3.53. The lowest BCUT2D eigenvalue weighted by atomic mass is 9.93. The summed E-state index contributed by atoms with van der Waals surface area (Å²) in [5.41, 5.74) is 3.92. The van der Waals surface area contributed by atoms with Gasteiger partial charge in [0, 0.05) is 30.2 Å². The van der Waals surface area contributed by atoms with Gasteiger partial charge in [0.15, 0.2) is 0 Å². The molecule has 1 atom stereocenters. The van der Waals surface area contributed by atoms with E-state index in [1.54, 1.807) is 0 Å². The Morgan fingerprint density at radius 2 is 1.56 bits per heavy atom. The van der Waals surface area contributed by atoms with Crippen molar-refractivity contribution in [3.05, 3.63) is 64.1 Å². The molecule has 0 saturated heterocycles. The van der Waals surface area contributed by atoms with E-state index in [2.05, 4.69) is 90.4 Å². The van der Waals surface area contributed by atoms with Crippen molar-refractivity contribution in [2.45, 2.75) is 12.8 Å². The topological polar surface area (TPSA) is 3.24 Å². The minimum atomic E-state index is 0.405. The zero-order valence-electron chi connectivity index (χ0n) is 11.0. The van der Waals surface area contributed by atoms with Crippen LogP contribution in [0.25, 0.3) is 0 Å². The summed E-state index contributed by atoms with van der Waals surface area (Å²) in [7, 11) is 4.14. The Bertz CT molecular complexity index is 534. The maximum absolute atomic E-state index is 3.53. The molecule has 0 spiro atoms. The molecular weight excluding hydrogens is 286 g/mol. The van der Waals surface area contributed by atoms with Crippen molar-refractivity contribution >= 4 is 21.6 Å². The van der Waals surface area contributed by atoms with E-state index >= 15 is 0 Å². The minimum Gasteiger partial charge on any atom is -0.378 e. The van der Waals surface area contributed by atoms with Gasteiger partial charge in [-0.3, -0.25) is 0 Å². The highest BCUT2D eigenvalue weighted by atomic mass is 79.9. The smallest absolute Gasteiger partial charge is 0.0363 e. The molecule has 18 heavy (non-hydrogen) atoms. The van der Waals surface area contributed by atoms with Gasteiger partial charge in [-0.1, -0.05) is 47.1 Å². The first-order chi connectivity index (χ1) is 8.58. The summed E-state index contributed by atoms with van der Waals surface area (Å²) in [5.74, 6) is 0.405. The summed E-state index contributed by atoms with van der Waals surface area (Å²) in [6, 6.07) is 17.2. The highest BCUT2D eigenvalue weighted by molar-refractivity contribution is 9.10. The third-order valence-corrected chi connectivity index (χ3v) is 3.73. The number of hydrogen-bond acceptors (Lipinski definition) is 1. The van der Waals surface area contributed by atoms with Crippen LogP contribution in [0.4, 0.5) is 5.69 Å². The molecule has 0 bridgehead atoms.